The Bertz CT molecular complexity index is 477. The quantitative estimate of drug-likeness (QED) is 0.131. The summed E-state index contributed by atoms with van der Waals surface area (Å²) >= 11 is 0. The highest BCUT2D eigenvalue weighted by Crippen LogP contribution is 2.13. The van der Waals surface area contributed by atoms with E-state index in [1.54, 1.807) is 0 Å². The van der Waals surface area contributed by atoms with E-state index < -0.39 is 0 Å². The maximum atomic E-state index is 2.52. The molecule has 30 heavy (non-hydrogen) atoms. The van der Waals surface area contributed by atoms with Crippen LogP contribution in [0.25, 0.3) is 0 Å². The maximum absolute atomic E-state index is 2.52. The molecular weight excluding hydrogens is 364 g/mol. The predicted octanol–water partition coefficient (Wildman–Crippen LogP) is 8.70. The first kappa shape index (κ1) is 27.2. The Labute approximate surface area is 189 Å². The van der Waals surface area contributed by atoms with Crippen molar-refractivity contribution in [2.45, 2.75) is 155 Å². The Kier molecular flexibility index (Phi) is 18.3. The van der Waals surface area contributed by atoms with Gasteiger partial charge in [-0.1, -0.05) is 123 Å². The van der Waals surface area contributed by atoms with Crippen LogP contribution in [-0.2, 0) is 20.0 Å². The summed E-state index contributed by atoms with van der Waals surface area (Å²) in [7, 11) is 2.22. The second-order valence-corrected chi connectivity index (χ2v) is 9.63. The fraction of sp³-hybridized carbons (Fsp3) is 0.893. The van der Waals surface area contributed by atoms with E-state index in [4.69, 9.17) is 0 Å². The van der Waals surface area contributed by atoms with Gasteiger partial charge in [-0.05, 0) is 19.3 Å². The molecule has 1 aromatic rings. The third kappa shape index (κ3) is 14.3. The molecule has 0 aliphatic heterocycles. The zero-order valence-electron chi connectivity index (χ0n) is 21.1. The summed E-state index contributed by atoms with van der Waals surface area (Å²) in [5.74, 6) is 1.53. The van der Waals surface area contributed by atoms with Gasteiger partial charge in [0.1, 0.15) is 12.4 Å². The Morgan fingerprint density at radius 2 is 0.967 bits per heavy atom. The first-order valence-electron chi connectivity index (χ1n) is 13.8. The van der Waals surface area contributed by atoms with Gasteiger partial charge in [-0.2, -0.15) is 0 Å². The van der Waals surface area contributed by atoms with E-state index in [0.29, 0.717) is 0 Å². The summed E-state index contributed by atoms with van der Waals surface area (Å²) in [5, 5.41) is 0. The average molecular weight is 420 g/mol. The highest BCUT2D eigenvalue weighted by atomic mass is 15.1. The minimum atomic E-state index is 1.21. The topological polar surface area (TPSA) is 8.81 Å². The van der Waals surface area contributed by atoms with Gasteiger partial charge in [0.05, 0.1) is 13.6 Å². The lowest BCUT2D eigenvalue weighted by Crippen LogP contribution is -2.37. The second kappa shape index (κ2) is 20.1. The van der Waals surface area contributed by atoms with Gasteiger partial charge in [-0.15, -0.1) is 0 Å². The minimum Gasteiger partial charge on any atom is -0.237 e. The van der Waals surface area contributed by atoms with Crippen LogP contribution in [0.1, 0.15) is 148 Å². The predicted molar refractivity (Wildman–Crippen MR) is 133 cm³/mol. The molecule has 0 N–H and O–H groups in total. The number of imidazole rings is 1. The van der Waals surface area contributed by atoms with Gasteiger partial charge in [0.2, 0.25) is 0 Å². The smallest absolute Gasteiger partial charge is 0.237 e. The molecule has 0 bridgehead atoms. The molecule has 0 amide bonds. The number of unbranched alkanes of at least 4 members (excludes halogenated alkanes) is 18. The van der Waals surface area contributed by atoms with Gasteiger partial charge in [0.15, 0.2) is 0 Å². The van der Waals surface area contributed by atoms with Crippen LogP contribution in [-0.4, -0.2) is 4.57 Å². The van der Waals surface area contributed by atoms with Crippen LogP contribution < -0.4 is 4.57 Å². The zero-order valence-corrected chi connectivity index (χ0v) is 21.1. The van der Waals surface area contributed by atoms with Crippen LogP contribution in [0.4, 0.5) is 0 Å². The van der Waals surface area contributed by atoms with Gasteiger partial charge in [0, 0.05) is 6.42 Å². The standard InChI is InChI=1S/C28H55N2/c1-4-6-8-10-12-13-14-15-16-17-18-19-21-23-25-30-27-26-29(3)28(30)24-22-20-11-9-7-5-2/h26-27H,4-25H2,1-3H3/q+1. The van der Waals surface area contributed by atoms with E-state index in [9.17, 15) is 0 Å². The van der Waals surface area contributed by atoms with Crippen LogP contribution in [0.3, 0.4) is 0 Å². The molecule has 2 nitrogen and oxygen atoms in total. The Morgan fingerprint density at radius 3 is 1.43 bits per heavy atom. The number of rotatable bonds is 22. The molecule has 1 aromatic heterocycles. The molecule has 0 aliphatic rings. The molecule has 0 aromatic carbocycles. The molecule has 0 spiro atoms. The van der Waals surface area contributed by atoms with Crippen molar-refractivity contribution in [1.82, 2.24) is 4.57 Å². The van der Waals surface area contributed by atoms with E-state index in [0.717, 1.165) is 0 Å². The van der Waals surface area contributed by atoms with Crippen LogP contribution in [0.2, 0.25) is 0 Å². The van der Waals surface area contributed by atoms with Crippen molar-refractivity contribution in [3.8, 4) is 0 Å². The fourth-order valence-electron chi connectivity index (χ4n) is 4.62. The summed E-state index contributed by atoms with van der Waals surface area (Å²) in [6.45, 7) is 5.81. The summed E-state index contributed by atoms with van der Waals surface area (Å²) in [5.41, 5.74) is 0. The lowest BCUT2D eigenvalue weighted by Gasteiger charge is -2.05. The maximum Gasteiger partial charge on any atom is 0.256 e. The summed E-state index contributed by atoms with van der Waals surface area (Å²) in [6.07, 6.45) is 34.3. The van der Waals surface area contributed by atoms with E-state index in [-0.39, 0.29) is 0 Å². The number of nitrogens with zero attached hydrogens (tertiary/aromatic N) is 2. The van der Waals surface area contributed by atoms with Crippen LogP contribution in [0.5, 0.6) is 0 Å². The Morgan fingerprint density at radius 1 is 0.567 bits per heavy atom. The minimum absolute atomic E-state index is 1.21. The molecule has 0 unspecified atom stereocenters. The molecule has 176 valence electrons. The van der Waals surface area contributed by atoms with Gasteiger partial charge < -0.3 is 0 Å². The van der Waals surface area contributed by atoms with Crippen molar-refractivity contribution in [2.75, 3.05) is 0 Å². The summed E-state index contributed by atoms with van der Waals surface area (Å²) < 4.78 is 4.86. The average Bonchev–Trinajstić information content (AvgIpc) is 3.10. The van der Waals surface area contributed by atoms with Crippen molar-refractivity contribution in [3.05, 3.63) is 18.2 Å². The first-order valence-corrected chi connectivity index (χ1v) is 13.8. The Hall–Kier alpha value is -0.790. The van der Waals surface area contributed by atoms with Gasteiger partial charge >= 0.3 is 0 Å². The Balaban J connectivity index is 1.96. The van der Waals surface area contributed by atoms with Crippen LogP contribution >= 0.6 is 0 Å². The number of hydrogen-bond donors (Lipinski definition) is 0. The van der Waals surface area contributed by atoms with Crippen molar-refractivity contribution < 1.29 is 4.57 Å². The second-order valence-electron chi connectivity index (χ2n) is 9.63. The molecule has 0 atom stereocenters. The highest BCUT2D eigenvalue weighted by Gasteiger charge is 2.13. The van der Waals surface area contributed by atoms with E-state index >= 15 is 0 Å². The molecule has 0 saturated heterocycles. The molecule has 0 saturated carbocycles. The van der Waals surface area contributed by atoms with Crippen molar-refractivity contribution >= 4 is 0 Å². The van der Waals surface area contributed by atoms with Crippen LogP contribution in [0, 0.1) is 0 Å². The van der Waals surface area contributed by atoms with Crippen molar-refractivity contribution in [2.24, 2.45) is 7.05 Å². The fourth-order valence-corrected chi connectivity index (χ4v) is 4.62. The van der Waals surface area contributed by atoms with E-state index in [2.05, 4.69) is 42.4 Å². The van der Waals surface area contributed by atoms with E-state index in [1.807, 2.05) is 0 Å². The molecule has 1 rings (SSSR count). The third-order valence-corrected chi connectivity index (χ3v) is 6.72. The van der Waals surface area contributed by atoms with Gasteiger partial charge in [-0.25, -0.2) is 9.13 Å². The molecule has 2 heteroatoms. The zero-order chi connectivity index (χ0) is 21.7. The summed E-state index contributed by atoms with van der Waals surface area (Å²) in [4.78, 5) is 0. The molecule has 0 radical (unpaired) electrons. The number of aryl methyl sites for hydroxylation is 2. The largest absolute Gasteiger partial charge is 0.256 e. The lowest BCUT2D eigenvalue weighted by molar-refractivity contribution is -0.704. The number of aromatic nitrogens is 2. The van der Waals surface area contributed by atoms with Crippen molar-refractivity contribution in [1.29, 1.82) is 0 Å². The lowest BCUT2D eigenvalue weighted by atomic mass is 10.0. The van der Waals surface area contributed by atoms with Crippen molar-refractivity contribution in [3.63, 3.8) is 0 Å². The van der Waals surface area contributed by atoms with E-state index in [1.165, 1.54) is 147 Å². The molecule has 1 heterocycles. The normalized spacial score (nSPS) is 11.4. The highest BCUT2D eigenvalue weighted by molar-refractivity contribution is 4.82. The van der Waals surface area contributed by atoms with Gasteiger partial charge in [0.25, 0.3) is 5.82 Å². The SMILES string of the molecule is CCCCCCCCCCCCCCCC[n+]1ccn(C)c1CCCCCCCC. The molecule has 0 aliphatic carbocycles. The first-order chi connectivity index (χ1) is 14.8. The third-order valence-electron chi connectivity index (χ3n) is 6.72. The monoisotopic (exact) mass is 419 g/mol. The summed E-state index contributed by atoms with van der Waals surface area (Å²) in [6, 6.07) is 0. The molecule has 0 fully saturated rings. The van der Waals surface area contributed by atoms with Crippen LogP contribution in [0.15, 0.2) is 12.4 Å². The number of hydrogen-bond acceptors (Lipinski definition) is 0. The molecular formula is C28H55N2+. The van der Waals surface area contributed by atoms with Gasteiger partial charge in [-0.3, -0.25) is 0 Å².